The molecule has 0 aromatic carbocycles. The number of alkyl halides is 1. The van der Waals surface area contributed by atoms with Crippen LogP contribution in [0.4, 0.5) is 4.39 Å². The fourth-order valence-corrected chi connectivity index (χ4v) is 3.06. The highest BCUT2D eigenvalue weighted by molar-refractivity contribution is 6.31. The molecule has 1 unspecified atom stereocenters. The van der Waals surface area contributed by atoms with Crippen molar-refractivity contribution >= 4 is 11.6 Å². The minimum Gasteiger partial charge on any atom is -0.474 e. The molecule has 1 aromatic rings. The average molecular weight is 343 g/mol. The van der Waals surface area contributed by atoms with E-state index in [4.69, 9.17) is 16.3 Å². The van der Waals surface area contributed by atoms with E-state index < -0.39 is 5.67 Å². The van der Waals surface area contributed by atoms with Crippen LogP contribution in [0.15, 0.2) is 12.3 Å². The molecule has 1 aliphatic heterocycles. The third kappa shape index (κ3) is 4.80. The zero-order chi connectivity index (χ0) is 17.0. The summed E-state index contributed by atoms with van der Waals surface area (Å²) in [4.78, 5) is 6.60. The van der Waals surface area contributed by atoms with Crippen molar-refractivity contribution < 1.29 is 9.13 Å². The molecule has 1 saturated heterocycles. The van der Waals surface area contributed by atoms with Gasteiger partial charge in [0.25, 0.3) is 0 Å². The number of rotatable bonds is 6. The molecular formula is C18H28ClFN2O. The smallest absolute Gasteiger partial charge is 0.232 e. The van der Waals surface area contributed by atoms with Gasteiger partial charge in [0.2, 0.25) is 5.88 Å². The van der Waals surface area contributed by atoms with E-state index in [9.17, 15) is 4.39 Å². The quantitative estimate of drug-likeness (QED) is 0.737. The molecule has 1 fully saturated rings. The van der Waals surface area contributed by atoms with Crippen LogP contribution >= 0.6 is 11.6 Å². The van der Waals surface area contributed by atoms with Crippen molar-refractivity contribution in [3.63, 3.8) is 0 Å². The Morgan fingerprint density at radius 3 is 2.52 bits per heavy atom. The van der Waals surface area contributed by atoms with Gasteiger partial charge in [0.15, 0.2) is 0 Å². The van der Waals surface area contributed by atoms with Gasteiger partial charge < -0.3 is 4.74 Å². The van der Waals surface area contributed by atoms with Gasteiger partial charge in [-0.3, -0.25) is 4.90 Å². The summed E-state index contributed by atoms with van der Waals surface area (Å²) in [5.41, 5.74) is 0.0304. The maximum Gasteiger partial charge on any atom is 0.232 e. The summed E-state index contributed by atoms with van der Waals surface area (Å²) in [6.45, 7) is 10.3. The molecule has 2 rings (SSSR count). The summed E-state index contributed by atoms with van der Waals surface area (Å²) in [5.74, 6) is 0.573. The van der Waals surface area contributed by atoms with Crippen molar-refractivity contribution in [3.05, 3.63) is 22.8 Å². The number of ether oxygens (including phenoxy) is 1. The molecule has 130 valence electrons. The highest BCUT2D eigenvalue weighted by Crippen LogP contribution is 2.34. The standard InChI is InChI=1S/C18H28ClFN2O/c1-5-14(4)23-17-16(19)10-15(11-21-17)12-22-8-6-18(20,7-9-22)13(2)3/h10-11,13-14H,5-9,12H2,1-4H3. The normalized spacial score (nSPS) is 19.8. The van der Waals surface area contributed by atoms with Crippen LogP contribution in [0.5, 0.6) is 5.88 Å². The third-order valence-corrected chi connectivity index (χ3v) is 5.15. The van der Waals surface area contributed by atoms with Crippen LogP contribution in [-0.4, -0.2) is 34.7 Å². The van der Waals surface area contributed by atoms with Crippen LogP contribution < -0.4 is 4.74 Å². The van der Waals surface area contributed by atoms with Crippen LogP contribution in [0.25, 0.3) is 0 Å². The first-order valence-electron chi connectivity index (χ1n) is 8.56. The second kappa shape index (κ2) is 7.80. The Kier molecular flexibility index (Phi) is 6.26. The predicted octanol–water partition coefficient (Wildman–Crippen LogP) is 4.87. The first-order valence-corrected chi connectivity index (χ1v) is 8.94. The summed E-state index contributed by atoms with van der Waals surface area (Å²) in [6.07, 6.45) is 4.02. The number of likely N-dealkylation sites (tertiary alicyclic amines) is 1. The molecule has 5 heteroatoms. The van der Waals surface area contributed by atoms with E-state index in [0.717, 1.165) is 31.6 Å². The van der Waals surface area contributed by atoms with E-state index in [1.165, 1.54) is 0 Å². The predicted molar refractivity (Wildman–Crippen MR) is 92.8 cm³/mol. The molecule has 3 nitrogen and oxygen atoms in total. The van der Waals surface area contributed by atoms with E-state index in [-0.39, 0.29) is 12.0 Å². The number of pyridine rings is 1. The monoisotopic (exact) mass is 342 g/mol. The van der Waals surface area contributed by atoms with Gasteiger partial charge in [-0.2, -0.15) is 0 Å². The second-order valence-corrected chi connectivity index (χ2v) is 7.34. The Balaban J connectivity index is 1.93. The number of piperidine rings is 1. The number of hydrogen-bond donors (Lipinski definition) is 0. The number of hydrogen-bond acceptors (Lipinski definition) is 3. The summed E-state index contributed by atoms with van der Waals surface area (Å²) in [7, 11) is 0. The fraction of sp³-hybridized carbons (Fsp3) is 0.722. The largest absolute Gasteiger partial charge is 0.474 e. The highest BCUT2D eigenvalue weighted by atomic mass is 35.5. The SMILES string of the molecule is CCC(C)Oc1ncc(CN2CCC(F)(C(C)C)CC2)cc1Cl. The zero-order valence-electron chi connectivity index (χ0n) is 14.6. The van der Waals surface area contributed by atoms with Crippen molar-refractivity contribution in [1.29, 1.82) is 0 Å². The van der Waals surface area contributed by atoms with Gasteiger partial charge in [-0.05, 0) is 43.7 Å². The molecule has 23 heavy (non-hydrogen) atoms. The third-order valence-electron chi connectivity index (χ3n) is 4.88. The van der Waals surface area contributed by atoms with E-state index in [1.54, 1.807) is 0 Å². The molecule has 0 N–H and O–H groups in total. The lowest BCUT2D eigenvalue weighted by molar-refractivity contribution is 0.0172. The minimum absolute atomic E-state index is 0.0812. The second-order valence-electron chi connectivity index (χ2n) is 6.93. The zero-order valence-corrected chi connectivity index (χ0v) is 15.4. The Morgan fingerprint density at radius 1 is 1.35 bits per heavy atom. The Morgan fingerprint density at radius 2 is 2.00 bits per heavy atom. The summed E-state index contributed by atoms with van der Waals surface area (Å²) in [6, 6.07) is 1.91. The van der Waals surface area contributed by atoms with Crippen LogP contribution in [-0.2, 0) is 6.54 Å². The van der Waals surface area contributed by atoms with Crippen LogP contribution in [0.2, 0.25) is 5.02 Å². The van der Waals surface area contributed by atoms with Crippen molar-refractivity contribution in [3.8, 4) is 5.88 Å². The lowest BCUT2D eigenvalue weighted by atomic mass is 9.83. The molecule has 0 spiro atoms. The lowest BCUT2D eigenvalue weighted by Gasteiger charge is -2.38. The fourth-order valence-electron chi connectivity index (χ4n) is 2.83. The summed E-state index contributed by atoms with van der Waals surface area (Å²) in [5, 5.41) is 0.543. The van der Waals surface area contributed by atoms with Gasteiger partial charge in [0.1, 0.15) is 10.7 Å². The van der Waals surface area contributed by atoms with E-state index in [2.05, 4.69) is 16.8 Å². The highest BCUT2D eigenvalue weighted by Gasteiger charge is 2.37. The number of halogens is 2. The van der Waals surface area contributed by atoms with Crippen molar-refractivity contribution in [1.82, 2.24) is 9.88 Å². The summed E-state index contributed by atoms with van der Waals surface area (Å²) < 4.78 is 20.3. The molecular weight excluding hydrogens is 315 g/mol. The van der Waals surface area contributed by atoms with Gasteiger partial charge in [0, 0.05) is 25.8 Å². The molecule has 0 radical (unpaired) electrons. The molecule has 1 aromatic heterocycles. The van der Waals surface area contributed by atoms with Gasteiger partial charge in [-0.25, -0.2) is 9.37 Å². The van der Waals surface area contributed by atoms with E-state index in [0.29, 0.717) is 23.7 Å². The van der Waals surface area contributed by atoms with Gasteiger partial charge in [-0.15, -0.1) is 0 Å². The Bertz CT molecular complexity index is 516. The van der Waals surface area contributed by atoms with Gasteiger partial charge in [-0.1, -0.05) is 32.4 Å². The topological polar surface area (TPSA) is 25.4 Å². The lowest BCUT2D eigenvalue weighted by Crippen LogP contribution is -2.44. The maximum atomic E-state index is 14.6. The van der Waals surface area contributed by atoms with Crippen LogP contribution in [0.3, 0.4) is 0 Å². The van der Waals surface area contributed by atoms with E-state index in [1.807, 2.05) is 33.0 Å². The van der Waals surface area contributed by atoms with E-state index >= 15 is 0 Å². The van der Waals surface area contributed by atoms with Gasteiger partial charge in [0.05, 0.1) is 6.10 Å². The molecule has 0 amide bonds. The van der Waals surface area contributed by atoms with Gasteiger partial charge >= 0.3 is 0 Å². The first kappa shape index (κ1) is 18.5. The van der Waals surface area contributed by atoms with Crippen molar-refractivity contribution in [2.24, 2.45) is 5.92 Å². The number of nitrogens with zero attached hydrogens (tertiary/aromatic N) is 2. The molecule has 0 bridgehead atoms. The molecule has 2 heterocycles. The minimum atomic E-state index is -1.01. The number of aromatic nitrogens is 1. The molecule has 0 aliphatic carbocycles. The Labute approximate surface area is 144 Å². The van der Waals surface area contributed by atoms with Crippen LogP contribution in [0, 0.1) is 5.92 Å². The van der Waals surface area contributed by atoms with Crippen molar-refractivity contribution in [2.45, 2.75) is 65.3 Å². The average Bonchev–Trinajstić information content (AvgIpc) is 2.52. The van der Waals surface area contributed by atoms with Crippen LogP contribution in [0.1, 0.15) is 52.5 Å². The van der Waals surface area contributed by atoms with Crippen molar-refractivity contribution in [2.75, 3.05) is 13.1 Å². The molecule has 1 atom stereocenters. The molecule has 0 saturated carbocycles. The Hall–Kier alpha value is -0.870. The first-order chi connectivity index (χ1) is 10.8. The summed E-state index contributed by atoms with van der Waals surface area (Å²) >= 11 is 6.27. The molecule has 1 aliphatic rings. The maximum absolute atomic E-state index is 14.6.